The van der Waals surface area contributed by atoms with Crippen LogP contribution in [-0.2, 0) is 17.1 Å². The van der Waals surface area contributed by atoms with Crippen LogP contribution in [0, 0.1) is 0 Å². The van der Waals surface area contributed by atoms with Gasteiger partial charge < -0.3 is 9.32 Å². The molecule has 0 saturated carbocycles. The van der Waals surface area contributed by atoms with Crippen LogP contribution < -0.4 is 0 Å². The van der Waals surface area contributed by atoms with Gasteiger partial charge in [0.15, 0.2) is 0 Å². The number of nitrogens with zero attached hydrogens (tertiary/aromatic N) is 3. The molecule has 1 amide bonds. The van der Waals surface area contributed by atoms with Crippen LogP contribution in [0.3, 0.4) is 0 Å². The molecule has 0 unspecified atom stereocenters. The van der Waals surface area contributed by atoms with Gasteiger partial charge in [-0.15, -0.1) is 22.0 Å². The van der Waals surface area contributed by atoms with Gasteiger partial charge in [0.05, 0.1) is 22.9 Å². The molecule has 0 bridgehead atoms. The molecule has 2 aromatic carbocycles. The van der Waals surface area contributed by atoms with E-state index in [1.165, 1.54) is 0 Å². The fraction of sp³-hybridized carbons (Fsp3) is 0.286. The monoisotopic (exact) mass is 449 g/mol. The third kappa shape index (κ3) is 6.23. The van der Waals surface area contributed by atoms with Gasteiger partial charge in [-0.25, -0.2) is 0 Å². The maximum Gasteiger partial charge on any atom is 0.249 e. The van der Waals surface area contributed by atoms with Crippen LogP contribution in [0.1, 0.15) is 24.8 Å². The first kappa shape index (κ1) is 21.7. The number of hydrogen-bond donors (Lipinski definition) is 0. The standard InChI is InChI=1S/C21H21Cl2N3O2S/c1-2-11-26(20(27)14-29-13-15-7-9-16(22)10-8-15)12-19-24-25-21(28-19)17-5-3-4-6-18(17)23/h3-10H,2,11-14H2,1H3. The van der Waals surface area contributed by atoms with E-state index in [9.17, 15) is 4.79 Å². The van der Waals surface area contributed by atoms with Gasteiger partial charge in [-0.2, -0.15) is 0 Å². The fourth-order valence-electron chi connectivity index (χ4n) is 2.71. The molecule has 29 heavy (non-hydrogen) atoms. The van der Waals surface area contributed by atoms with Gasteiger partial charge in [0.2, 0.25) is 17.7 Å². The molecule has 5 nitrogen and oxygen atoms in total. The average molecular weight is 450 g/mol. The molecule has 0 aliphatic rings. The second kappa shape index (κ2) is 10.7. The number of aromatic nitrogens is 2. The molecule has 0 spiro atoms. The Morgan fingerprint density at radius 2 is 1.86 bits per heavy atom. The van der Waals surface area contributed by atoms with Crippen molar-refractivity contribution in [3.05, 3.63) is 70.0 Å². The molecular formula is C21H21Cl2N3O2S. The summed E-state index contributed by atoms with van der Waals surface area (Å²) in [4.78, 5) is 14.4. The Labute approximate surface area is 184 Å². The van der Waals surface area contributed by atoms with E-state index in [0.717, 1.165) is 17.7 Å². The molecule has 0 saturated heterocycles. The van der Waals surface area contributed by atoms with Gasteiger partial charge in [0.1, 0.15) is 0 Å². The minimum absolute atomic E-state index is 0.0447. The normalized spacial score (nSPS) is 10.9. The predicted molar refractivity (Wildman–Crippen MR) is 118 cm³/mol. The van der Waals surface area contributed by atoms with E-state index in [-0.39, 0.29) is 12.5 Å². The highest BCUT2D eigenvalue weighted by atomic mass is 35.5. The molecule has 0 N–H and O–H groups in total. The van der Waals surface area contributed by atoms with Gasteiger partial charge in [-0.05, 0) is 36.2 Å². The Hall–Kier alpha value is -2.02. The molecule has 0 aliphatic heterocycles. The predicted octanol–water partition coefficient (Wildman–Crippen LogP) is 5.72. The van der Waals surface area contributed by atoms with Gasteiger partial charge in [-0.1, -0.05) is 54.4 Å². The second-order valence-electron chi connectivity index (χ2n) is 6.42. The molecule has 152 valence electrons. The van der Waals surface area contributed by atoms with Crippen molar-refractivity contribution < 1.29 is 9.21 Å². The van der Waals surface area contributed by atoms with E-state index in [2.05, 4.69) is 10.2 Å². The summed E-state index contributed by atoms with van der Waals surface area (Å²) in [6.07, 6.45) is 0.846. The SMILES string of the molecule is CCCN(Cc1nnc(-c2ccccc2Cl)o1)C(=O)CSCc1ccc(Cl)cc1. The Morgan fingerprint density at radius 1 is 1.10 bits per heavy atom. The summed E-state index contributed by atoms with van der Waals surface area (Å²) in [7, 11) is 0. The minimum Gasteiger partial charge on any atom is -0.419 e. The van der Waals surface area contributed by atoms with Gasteiger partial charge >= 0.3 is 0 Å². The van der Waals surface area contributed by atoms with E-state index in [1.807, 2.05) is 49.4 Å². The quantitative estimate of drug-likeness (QED) is 0.418. The first-order valence-corrected chi connectivity index (χ1v) is 11.1. The lowest BCUT2D eigenvalue weighted by Crippen LogP contribution is -2.32. The van der Waals surface area contributed by atoms with Crippen molar-refractivity contribution >= 4 is 40.9 Å². The lowest BCUT2D eigenvalue weighted by atomic mass is 10.2. The number of thioether (sulfide) groups is 1. The summed E-state index contributed by atoms with van der Waals surface area (Å²) < 4.78 is 5.74. The molecule has 3 rings (SSSR count). The Kier molecular flexibility index (Phi) is 7.98. The van der Waals surface area contributed by atoms with E-state index >= 15 is 0 Å². The van der Waals surface area contributed by atoms with Crippen LogP contribution >= 0.6 is 35.0 Å². The van der Waals surface area contributed by atoms with Crippen molar-refractivity contribution in [3.8, 4) is 11.5 Å². The lowest BCUT2D eigenvalue weighted by Gasteiger charge is -2.20. The van der Waals surface area contributed by atoms with Crippen molar-refractivity contribution in [1.29, 1.82) is 0 Å². The number of halogens is 2. The maximum atomic E-state index is 12.7. The number of amides is 1. The van der Waals surface area contributed by atoms with Crippen molar-refractivity contribution in [2.24, 2.45) is 0 Å². The Bertz CT molecular complexity index is 947. The van der Waals surface area contributed by atoms with Gasteiger partial charge in [0, 0.05) is 17.3 Å². The van der Waals surface area contributed by atoms with E-state index in [4.69, 9.17) is 27.6 Å². The van der Waals surface area contributed by atoms with Gasteiger partial charge in [0.25, 0.3) is 0 Å². The number of benzene rings is 2. The molecule has 0 aliphatic carbocycles. The zero-order valence-electron chi connectivity index (χ0n) is 16.0. The van der Waals surface area contributed by atoms with Crippen molar-refractivity contribution in [2.45, 2.75) is 25.6 Å². The van der Waals surface area contributed by atoms with Crippen molar-refractivity contribution in [3.63, 3.8) is 0 Å². The van der Waals surface area contributed by atoms with Gasteiger partial charge in [-0.3, -0.25) is 4.79 Å². The highest BCUT2D eigenvalue weighted by molar-refractivity contribution is 7.99. The van der Waals surface area contributed by atoms with Crippen LogP contribution in [0.15, 0.2) is 52.9 Å². The Balaban J connectivity index is 1.58. The summed E-state index contributed by atoms with van der Waals surface area (Å²) in [6, 6.07) is 14.9. The number of hydrogen-bond acceptors (Lipinski definition) is 5. The Morgan fingerprint density at radius 3 is 2.59 bits per heavy atom. The van der Waals surface area contributed by atoms with E-state index in [0.29, 0.717) is 39.7 Å². The molecule has 8 heteroatoms. The highest BCUT2D eigenvalue weighted by Gasteiger charge is 2.18. The molecule has 1 aromatic heterocycles. The zero-order valence-corrected chi connectivity index (χ0v) is 18.3. The van der Waals surface area contributed by atoms with Crippen LogP contribution in [0.5, 0.6) is 0 Å². The smallest absolute Gasteiger partial charge is 0.249 e. The summed E-state index contributed by atoms with van der Waals surface area (Å²) in [6.45, 7) is 2.94. The summed E-state index contributed by atoms with van der Waals surface area (Å²) in [5.41, 5.74) is 1.82. The van der Waals surface area contributed by atoms with E-state index < -0.39 is 0 Å². The summed E-state index contributed by atoms with van der Waals surface area (Å²) >= 11 is 13.7. The number of carbonyl (C=O) groups is 1. The number of rotatable bonds is 9. The number of carbonyl (C=O) groups excluding carboxylic acids is 1. The lowest BCUT2D eigenvalue weighted by molar-refractivity contribution is -0.129. The first-order chi connectivity index (χ1) is 14.1. The third-order valence-corrected chi connectivity index (χ3v) is 5.72. The maximum absolute atomic E-state index is 12.7. The largest absolute Gasteiger partial charge is 0.419 e. The molecule has 0 atom stereocenters. The van der Waals surface area contributed by atoms with Crippen molar-refractivity contribution in [1.82, 2.24) is 15.1 Å². The zero-order chi connectivity index (χ0) is 20.6. The van der Waals surface area contributed by atoms with Crippen molar-refractivity contribution in [2.75, 3.05) is 12.3 Å². The van der Waals surface area contributed by atoms with Crippen LogP contribution in [0.25, 0.3) is 11.5 Å². The van der Waals surface area contributed by atoms with E-state index in [1.54, 1.807) is 22.7 Å². The van der Waals surface area contributed by atoms with Crippen LogP contribution in [0.2, 0.25) is 10.0 Å². The second-order valence-corrected chi connectivity index (χ2v) is 8.24. The molecule has 1 heterocycles. The molecule has 0 radical (unpaired) electrons. The molecule has 0 fully saturated rings. The fourth-order valence-corrected chi connectivity index (χ4v) is 3.94. The topological polar surface area (TPSA) is 59.2 Å². The first-order valence-electron chi connectivity index (χ1n) is 9.24. The highest BCUT2D eigenvalue weighted by Crippen LogP contribution is 2.26. The average Bonchev–Trinajstić information content (AvgIpc) is 3.18. The van der Waals surface area contributed by atoms with Crippen LogP contribution in [-0.4, -0.2) is 33.3 Å². The summed E-state index contributed by atoms with van der Waals surface area (Å²) in [5, 5.41) is 9.41. The third-order valence-electron chi connectivity index (χ3n) is 4.15. The van der Waals surface area contributed by atoms with Crippen LogP contribution in [0.4, 0.5) is 0 Å². The summed E-state index contributed by atoms with van der Waals surface area (Å²) in [5.74, 6) is 1.92. The minimum atomic E-state index is 0.0447. The molecular weight excluding hydrogens is 429 g/mol. The molecule has 3 aromatic rings.